The first-order chi connectivity index (χ1) is 5.24. The summed E-state index contributed by atoms with van der Waals surface area (Å²) in [5, 5.41) is 0. The number of rotatable bonds is 3. The number of ether oxygens (including phenoxy) is 3. The molecule has 1 rings (SSSR count). The van der Waals surface area contributed by atoms with Crippen LogP contribution < -0.4 is 0 Å². The van der Waals surface area contributed by atoms with Crippen molar-refractivity contribution in [2.24, 2.45) is 5.92 Å². The monoisotopic (exact) mass is 160 g/mol. The van der Waals surface area contributed by atoms with E-state index in [0.717, 1.165) is 0 Å². The lowest BCUT2D eigenvalue weighted by molar-refractivity contribution is -0.101. The summed E-state index contributed by atoms with van der Waals surface area (Å²) in [5.74, 6) is 0.525. The Morgan fingerprint density at radius 3 is 2.73 bits per heavy atom. The molecule has 2 unspecified atom stereocenters. The number of hydrogen-bond donors (Lipinski definition) is 0. The van der Waals surface area contributed by atoms with E-state index in [1.807, 2.05) is 0 Å². The van der Waals surface area contributed by atoms with Crippen LogP contribution in [0.15, 0.2) is 0 Å². The van der Waals surface area contributed by atoms with Crippen molar-refractivity contribution in [1.29, 1.82) is 0 Å². The number of methoxy groups -OCH3 is 1. The first-order valence-electron chi connectivity index (χ1n) is 4.00. The zero-order valence-electron chi connectivity index (χ0n) is 7.37. The van der Waals surface area contributed by atoms with Crippen LogP contribution in [0.2, 0.25) is 0 Å². The molecule has 3 heteroatoms. The van der Waals surface area contributed by atoms with Crippen LogP contribution in [0.25, 0.3) is 0 Å². The molecular formula is C8H16O3. The van der Waals surface area contributed by atoms with Gasteiger partial charge in [0.05, 0.1) is 19.3 Å². The Kier molecular flexibility index (Phi) is 3.30. The third-order valence-corrected chi connectivity index (χ3v) is 1.82. The molecule has 0 aromatic carbocycles. The molecule has 11 heavy (non-hydrogen) atoms. The van der Waals surface area contributed by atoms with Crippen LogP contribution in [-0.2, 0) is 14.2 Å². The molecule has 0 aliphatic carbocycles. The highest BCUT2D eigenvalue weighted by atomic mass is 16.7. The van der Waals surface area contributed by atoms with Crippen LogP contribution in [0, 0.1) is 5.92 Å². The average molecular weight is 160 g/mol. The van der Waals surface area contributed by atoms with Crippen molar-refractivity contribution in [3.05, 3.63) is 0 Å². The third kappa shape index (κ3) is 2.43. The second-order valence-corrected chi connectivity index (χ2v) is 3.14. The van der Waals surface area contributed by atoms with E-state index in [0.29, 0.717) is 19.1 Å². The van der Waals surface area contributed by atoms with Crippen LogP contribution in [0.5, 0.6) is 0 Å². The van der Waals surface area contributed by atoms with Crippen molar-refractivity contribution in [3.8, 4) is 0 Å². The zero-order valence-corrected chi connectivity index (χ0v) is 7.37. The largest absolute Gasteiger partial charge is 0.379 e. The van der Waals surface area contributed by atoms with Crippen LogP contribution in [0.3, 0.4) is 0 Å². The van der Waals surface area contributed by atoms with Gasteiger partial charge >= 0.3 is 0 Å². The Balaban J connectivity index is 2.23. The van der Waals surface area contributed by atoms with Crippen LogP contribution in [0.4, 0.5) is 0 Å². The Morgan fingerprint density at radius 2 is 2.27 bits per heavy atom. The highest BCUT2D eigenvalue weighted by molar-refractivity contribution is 4.67. The molecule has 2 atom stereocenters. The van der Waals surface area contributed by atoms with Crippen molar-refractivity contribution in [1.82, 2.24) is 0 Å². The van der Waals surface area contributed by atoms with Crippen LogP contribution >= 0.6 is 0 Å². The molecule has 0 N–H and O–H groups in total. The summed E-state index contributed by atoms with van der Waals surface area (Å²) in [4.78, 5) is 0. The molecule has 0 amide bonds. The van der Waals surface area contributed by atoms with Gasteiger partial charge in [-0.3, -0.25) is 0 Å². The van der Waals surface area contributed by atoms with Crippen LogP contribution in [-0.4, -0.2) is 32.7 Å². The third-order valence-electron chi connectivity index (χ3n) is 1.82. The Bertz CT molecular complexity index is 114. The van der Waals surface area contributed by atoms with Crippen molar-refractivity contribution in [2.75, 3.05) is 20.3 Å². The molecule has 0 saturated carbocycles. The maximum atomic E-state index is 5.52. The fourth-order valence-corrected chi connectivity index (χ4v) is 1.05. The predicted molar refractivity (Wildman–Crippen MR) is 41.3 cm³/mol. The van der Waals surface area contributed by atoms with Crippen molar-refractivity contribution in [2.45, 2.75) is 26.2 Å². The van der Waals surface area contributed by atoms with E-state index in [-0.39, 0.29) is 12.4 Å². The maximum Gasteiger partial charge on any atom is 0.181 e. The lowest BCUT2D eigenvalue weighted by Crippen LogP contribution is -2.20. The molecule has 0 aromatic heterocycles. The van der Waals surface area contributed by atoms with E-state index in [2.05, 4.69) is 13.8 Å². The minimum Gasteiger partial charge on any atom is -0.379 e. The van der Waals surface area contributed by atoms with Gasteiger partial charge in [-0.1, -0.05) is 13.8 Å². The SMILES string of the molecule is COCC1OCC(C(C)C)O1. The van der Waals surface area contributed by atoms with E-state index in [1.165, 1.54) is 0 Å². The molecule has 1 heterocycles. The van der Waals surface area contributed by atoms with Crippen molar-refractivity contribution < 1.29 is 14.2 Å². The van der Waals surface area contributed by atoms with Gasteiger partial charge in [-0.15, -0.1) is 0 Å². The smallest absolute Gasteiger partial charge is 0.181 e. The van der Waals surface area contributed by atoms with Crippen molar-refractivity contribution in [3.63, 3.8) is 0 Å². The van der Waals surface area contributed by atoms with E-state index < -0.39 is 0 Å². The molecule has 0 radical (unpaired) electrons. The summed E-state index contributed by atoms with van der Waals surface area (Å²) in [6.07, 6.45) is 0.0996. The summed E-state index contributed by atoms with van der Waals surface area (Å²) >= 11 is 0. The lowest BCUT2D eigenvalue weighted by Gasteiger charge is -2.12. The van der Waals surface area contributed by atoms with Crippen molar-refractivity contribution >= 4 is 0 Å². The van der Waals surface area contributed by atoms with Gasteiger partial charge in [-0.05, 0) is 5.92 Å². The molecule has 0 spiro atoms. The fourth-order valence-electron chi connectivity index (χ4n) is 1.05. The standard InChI is InChI=1S/C8H16O3/c1-6(2)7-4-10-8(11-7)5-9-3/h6-8H,4-5H2,1-3H3. The van der Waals surface area contributed by atoms with E-state index >= 15 is 0 Å². The normalized spacial score (nSPS) is 31.6. The predicted octanol–water partition coefficient (Wildman–Crippen LogP) is 1.03. The quantitative estimate of drug-likeness (QED) is 0.617. The highest BCUT2D eigenvalue weighted by Gasteiger charge is 2.27. The molecule has 66 valence electrons. The molecule has 1 aliphatic rings. The Morgan fingerprint density at radius 1 is 1.55 bits per heavy atom. The minimum atomic E-state index is -0.146. The molecule has 1 fully saturated rings. The fraction of sp³-hybridized carbons (Fsp3) is 1.00. The molecular weight excluding hydrogens is 144 g/mol. The van der Waals surface area contributed by atoms with E-state index in [1.54, 1.807) is 7.11 Å². The summed E-state index contributed by atoms with van der Waals surface area (Å²) < 4.78 is 15.7. The minimum absolute atomic E-state index is 0.146. The Hall–Kier alpha value is -0.120. The number of hydrogen-bond acceptors (Lipinski definition) is 3. The van der Waals surface area contributed by atoms with Gasteiger partial charge < -0.3 is 14.2 Å². The van der Waals surface area contributed by atoms with E-state index in [4.69, 9.17) is 14.2 Å². The van der Waals surface area contributed by atoms with Gasteiger partial charge in [-0.2, -0.15) is 0 Å². The second kappa shape index (κ2) is 4.04. The molecule has 1 saturated heterocycles. The first kappa shape index (κ1) is 8.97. The summed E-state index contributed by atoms with van der Waals surface area (Å²) in [6.45, 7) is 5.49. The highest BCUT2D eigenvalue weighted by Crippen LogP contribution is 2.17. The summed E-state index contributed by atoms with van der Waals surface area (Å²) in [7, 11) is 1.65. The lowest BCUT2D eigenvalue weighted by atomic mass is 10.1. The molecule has 3 nitrogen and oxygen atoms in total. The van der Waals surface area contributed by atoms with Gasteiger partial charge in [-0.25, -0.2) is 0 Å². The van der Waals surface area contributed by atoms with Crippen LogP contribution in [0.1, 0.15) is 13.8 Å². The summed E-state index contributed by atoms with van der Waals surface area (Å²) in [5.41, 5.74) is 0. The van der Waals surface area contributed by atoms with Gasteiger partial charge in [0.15, 0.2) is 6.29 Å². The Labute approximate surface area is 67.6 Å². The topological polar surface area (TPSA) is 27.7 Å². The molecule has 0 aromatic rings. The first-order valence-corrected chi connectivity index (χ1v) is 4.00. The average Bonchev–Trinajstić information content (AvgIpc) is 2.37. The van der Waals surface area contributed by atoms with Gasteiger partial charge in [0.1, 0.15) is 0 Å². The molecule has 1 aliphatic heterocycles. The maximum absolute atomic E-state index is 5.52. The van der Waals surface area contributed by atoms with E-state index in [9.17, 15) is 0 Å². The second-order valence-electron chi connectivity index (χ2n) is 3.14. The van der Waals surface area contributed by atoms with Gasteiger partial charge in [0.2, 0.25) is 0 Å². The van der Waals surface area contributed by atoms with Gasteiger partial charge in [0, 0.05) is 7.11 Å². The van der Waals surface area contributed by atoms with Gasteiger partial charge in [0.25, 0.3) is 0 Å². The summed E-state index contributed by atoms with van der Waals surface area (Å²) in [6, 6.07) is 0. The zero-order chi connectivity index (χ0) is 8.27. The molecule has 0 bridgehead atoms.